The van der Waals surface area contributed by atoms with Crippen molar-refractivity contribution in [3.05, 3.63) is 62.9 Å². The summed E-state index contributed by atoms with van der Waals surface area (Å²) < 4.78 is 17.3. The number of aliphatic imine (C=N–C) groups is 1. The monoisotopic (exact) mass is 433 g/mol. The number of rotatable bonds is 2. The Labute approximate surface area is 152 Å². The SMILES string of the molecule is O=C1OC(c2ccccc2I)=N/C1=C/c1ccc2c(c1)OCCO2. The largest absolute Gasteiger partial charge is 0.486 e. The Morgan fingerprint density at radius 1 is 1.04 bits per heavy atom. The molecule has 2 aliphatic rings. The van der Waals surface area contributed by atoms with E-state index in [2.05, 4.69) is 27.6 Å². The second kappa shape index (κ2) is 6.27. The van der Waals surface area contributed by atoms with Gasteiger partial charge in [0, 0.05) is 3.57 Å². The van der Waals surface area contributed by atoms with Crippen LogP contribution in [0, 0.1) is 3.57 Å². The Bertz CT molecular complexity index is 888. The number of esters is 1. The first kappa shape index (κ1) is 15.2. The molecule has 0 radical (unpaired) electrons. The van der Waals surface area contributed by atoms with Crippen molar-refractivity contribution in [2.45, 2.75) is 0 Å². The highest BCUT2D eigenvalue weighted by Crippen LogP contribution is 2.32. The van der Waals surface area contributed by atoms with Crippen LogP contribution >= 0.6 is 22.6 Å². The zero-order valence-corrected chi connectivity index (χ0v) is 14.6. The summed E-state index contributed by atoms with van der Waals surface area (Å²) in [5.74, 6) is 1.25. The maximum Gasteiger partial charge on any atom is 0.363 e. The summed E-state index contributed by atoms with van der Waals surface area (Å²) in [6.07, 6.45) is 1.68. The van der Waals surface area contributed by atoms with Crippen LogP contribution in [0.15, 0.2) is 53.2 Å². The van der Waals surface area contributed by atoms with E-state index in [1.165, 1.54) is 0 Å². The number of carbonyl (C=O) groups excluding carboxylic acids is 1. The summed E-state index contributed by atoms with van der Waals surface area (Å²) in [7, 11) is 0. The standard InChI is InChI=1S/C18H12INO4/c19-13-4-2-1-3-12(13)17-20-14(18(21)24-17)9-11-5-6-15-16(10-11)23-8-7-22-15/h1-6,9-10H,7-8H2/b14-9+. The zero-order chi connectivity index (χ0) is 16.5. The van der Waals surface area contributed by atoms with E-state index in [9.17, 15) is 4.79 Å². The molecule has 5 nitrogen and oxygen atoms in total. The summed E-state index contributed by atoms with van der Waals surface area (Å²) in [5, 5.41) is 0. The van der Waals surface area contributed by atoms with Gasteiger partial charge in [0.25, 0.3) is 0 Å². The van der Waals surface area contributed by atoms with Gasteiger partial charge in [-0.3, -0.25) is 0 Å². The van der Waals surface area contributed by atoms with Crippen molar-refractivity contribution >= 4 is 40.5 Å². The van der Waals surface area contributed by atoms with Crippen LogP contribution in [0.1, 0.15) is 11.1 Å². The lowest BCUT2D eigenvalue weighted by Gasteiger charge is -2.18. The summed E-state index contributed by atoms with van der Waals surface area (Å²) >= 11 is 2.19. The number of carbonyl (C=O) groups is 1. The van der Waals surface area contributed by atoms with Gasteiger partial charge in [-0.1, -0.05) is 18.2 Å². The topological polar surface area (TPSA) is 57.1 Å². The number of nitrogens with zero attached hydrogens (tertiary/aromatic N) is 1. The minimum absolute atomic E-state index is 0.265. The van der Waals surface area contributed by atoms with E-state index in [0.717, 1.165) is 14.7 Å². The summed E-state index contributed by atoms with van der Waals surface area (Å²) in [4.78, 5) is 16.4. The molecule has 4 rings (SSSR count). The Kier molecular flexibility index (Phi) is 3.97. The smallest absolute Gasteiger partial charge is 0.363 e. The molecule has 0 amide bonds. The van der Waals surface area contributed by atoms with Crippen molar-refractivity contribution in [3.8, 4) is 11.5 Å². The van der Waals surface area contributed by atoms with Gasteiger partial charge in [0.1, 0.15) is 13.2 Å². The summed E-state index contributed by atoms with van der Waals surface area (Å²) in [6, 6.07) is 13.1. The molecule has 0 fully saturated rings. The molecular formula is C18H12INO4. The lowest BCUT2D eigenvalue weighted by atomic mass is 10.1. The maximum absolute atomic E-state index is 12.1. The highest BCUT2D eigenvalue weighted by Gasteiger charge is 2.25. The molecule has 2 aromatic rings. The van der Waals surface area contributed by atoms with Crippen LogP contribution in [0.5, 0.6) is 11.5 Å². The third-order valence-corrected chi connectivity index (χ3v) is 4.54. The highest BCUT2D eigenvalue weighted by molar-refractivity contribution is 14.1. The molecule has 0 bridgehead atoms. The molecule has 0 spiro atoms. The average molecular weight is 433 g/mol. The fourth-order valence-corrected chi connectivity index (χ4v) is 3.08. The van der Waals surface area contributed by atoms with Crippen LogP contribution in [-0.4, -0.2) is 25.1 Å². The molecule has 0 saturated carbocycles. The molecule has 6 heteroatoms. The predicted molar refractivity (Wildman–Crippen MR) is 97.2 cm³/mol. The average Bonchev–Trinajstić information content (AvgIpc) is 2.96. The first-order valence-corrected chi connectivity index (χ1v) is 8.46. The second-order valence-corrected chi connectivity index (χ2v) is 6.38. The van der Waals surface area contributed by atoms with Gasteiger partial charge in [0.15, 0.2) is 17.2 Å². The molecule has 0 saturated heterocycles. The summed E-state index contributed by atoms with van der Waals surface area (Å²) in [6.45, 7) is 1.06. The first-order valence-electron chi connectivity index (χ1n) is 7.38. The number of halogens is 1. The number of hydrogen-bond acceptors (Lipinski definition) is 5. The van der Waals surface area contributed by atoms with Gasteiger partial charge in [-0.25, -0.2) is 9.79 Å². The van der Waals surface area contributed by atoms with Crippen LogP contribution in [0.4, 0.5) is 0 Å². The molecule has 0 unspecified atom stereocenters. The zero-order valence-electron chi connectivity index (χ0n) is 12.5. The minimum Gasteiger partial charge on any atom is -0.486 e. The number of ether oxygens (including phenoxy) is 3. The maximum atomic E-state index is 12.1. The minimum atomic E-state index is -0.459. The van der Waals surface area contributed by atoms with Crippen molar-refractivity contribution in [1.29, 1.82) is 0 Å². The molecule has 24 heavy (non-hydrogen) atoms. The van der Waals surface area contributed by atoms with Gasteiger partial charge in [-0.2, -0.15) is 0 Å². The van der Waals surface area contributed by atoms with E-state index in [4.69, 9.17) is 14.2 Å². The number of fused-ring (bicyclic) bond motifs is 1. The lowest BCUT2D eigenvalue weighted by molar-refractivity contribution is -0.129. The fraction of sp³-hybridized carbons (Fsp3) is 0.111. The van der Waals surface area contributed by atoms with E-state index < -0.39 is 5.97 Å². The van der Waals surface area contributed by atoms with E-state index >= 15 is 0 Å². The third kappa shape index (κ3) is 2.89. The molecule has 0 atom stereocenters. The third-order valence-electron chi connectivity index (χ3n) is 3.59. The first-order chi connectivity index (χ1) is 11.7. The van der Waals surface area contributed by atoms with Gasteiger partial charge < -0.3 is 14.2 Å². The highest BCUT2D eigenvalue weighted by atomic mass is 127. The molecule has 0 N–H and O–H groups in total. The Balaban J connectivity index is 1.67. The van der Waals surface area contributed by atoms with E-state index in [1.807, 2.05) is 42.5 Å². The van der Waals surface area contributed by atoms with Crippen LogP contribution in [0.25, 0.3) is 6.08 Å². The van der Waals surface area contributed by atoms with Gasteiger partial charge in [-0.05, 0) is 58.5 Å². The molecule has 2 aromatic carbocycles. The van der Waals surface area contributed by atoms with Crippen molar-refractivity contribution in [1.82, 2.24) is 0 Å². The second-order valence-electron chi connectivity index (χ2n) is 5.22. The molecule has 0 aliphatic carbocycles. The van der Waals surface area contributed by atoms with Crippen molar-refractivity contribution in [2.24, 2.45) is 4.99 Å². The van der Waals surface area contributed by atoms with Crippen LogP contribution in [0.2, 0.25) is 0 Å². The van der Waals surface area contributed by atoms with Gasteiger partial charge in [0.05, 0.1) is 5.56 Å². The van der Waals surface area contributed by atoms with Crippen molar-refractivity contribution in [2.75, 3.05) is 13.2 Å². The number of benzene rings is 2. The van der Waals surface area contributed by atoms with Gasteiger partial charge >= 0.3 is 5.97 Å². The molecular weight excluding hydrogens is 421 g/mol. The number of hydrogen-bond donors (Lipinski definition) is 0. The normalized spacial score (nSPS) is 17.6. The molecule has 2 aliphatic heterocycles. The number of cyclic esters (lactones) is 1. The van der Waals surface area contributed by atoms with Crippen LogP contribution in [-0.2, 0) is 9.53 Å². The van der Waals surface area contributed by atoms with Gasteiger partial charge in [-0.15, -0.1) is 0 Å². The predicted octanol–water partition coefficient (Wildman–Crippen LogP) is 3.41. The lowest BCUT2D eigenvalue weighted by Crippen LogP contribution is -2.15. The molecule has 120 valence electrons. The van der Waals surface area contributed by atoms with Gasteiger partial charge in [0.2, 0.25) is 5.90 Å². The van der Waals surface area contributed by atoms with Crippen molar-refractivity contribution in [3.63, 3.8) is 0 Å². The fourth-order valence-electron chi connectivity index (χ4n) is 2.47. The molecule has 0 aromatic heterocycles. The van der Waals surface area contributed by atoms with Crippen LogP contribution in [0.3, 0.4) is 0 Å². The van der Waals surface area contributed by atoms with E-state index in [0.29, 0.717) is 30.6 Å². The Morgan fingerprint density at radius 3 is 2.67 bits per heavy atom. The summed E-state index contributed by atoms with van der Waals surface area (Å²) in [5.41, 5.74) is 1.87. The molecule has 2 heterocycles. The Hall–Kier alpha value is -2.35. The van der Waals surface area contributed by atoms with Crippen molar-refractivity contribution < 1.29 is 19.0 Å². The quantitative estimate of drug-likeness (QED) is 0.414. The Morgan fingerprint density at radius 2 is 1.83 bits per heavy atom. The van der Waals surface area contributed by atoms with Crippen LogP contribution < -0.4 is 9.47 Å². The van der Waals surface area contributed by atoms with E-state index in [1.54, 1.807) is 6.08 Å². The van der Waals surface area contributed by atoms with E-state index in [-0.39, 0.29) is 5.70 Å².